The zero-order chi connectivity index (χ0) is 37.2. The highest BCUT2D eigenvalue weighted by atomic mass is 32.3. The third kappa shape index (κ3) is 10.7. The monoisotopic (exact) mass is 769 g/mol. The lowest BCUT2D eigenvalue weighted by Crippen LogP contribution is -2.47. The summed E-state index contributed by atoms with van der Waals surface area (Å²) in [5.41, 5.74) is 1.50. The van der Waals surface area contributed by atoms with Gasteiger partial charge in [0, 0.05) is 45.3 Å². The number of allylic oxidation sites excluding steroid dienone is 2. The molecule has 1 fully saturated rings. The molecule has 2 aliphatic rings. The van der Waals surface area contributed by atoms with Gasteiger partial charge in [-0.3, -0.25) is 4.79 Å². The van der Waals surface area contributed by atoms with E-state index in [4.69, 9.17) is 4.74 Å². The van der Waals surface area contributed by atoms with Gasteiger partial charge < -0.3 is 25.0 Å². The van der Waals surface area contributed by atoms with Crippen LogP contribution in [0, 0.1) is 11.8 Å². The molecule has 1 aliphatic heterocycles. The fourth-order valence-corrected chi connectivity index (χ4v) is 12.0. The van der Waals surface area contributed by atoms with Gasteiger partial charge in [0.2, 0.25) is 15.9 Å². The van der Waals surface area contributed by atoms with Crippen LogP contribution in [-0.2, 0) is 36.0 Å². The van der Waals surface area contributed by atoms with Crippen molar-refractivity contribution in [3.8, 4) is 0 Å². The molecule has 4 rings (SSSR count). The Balaban J connectivity index is 1.33. The van der Waals surface area contributed by atoms with Crippen LogP contribution < -0.4 is 4.72 Å². The van der Waals surface area contributed by atoms with Gasteiger partial charge in [0.15, 0.2) is 0 Å². The molecule has 12 nitrogen and oxygen atoms in total. The molecule has 2 aromatic rings. The van der Waals surface area contributed by atoms with E-state index in [9.17, 15) is 36.9 Å². The molecular weight excluding hydrogens is 715 g/mol. The number of nitrogens with zero attached hydrogens (tertiary/aromatic N) is 2. The summed E-state index contributed by atoms with van der Waals surface area (Å²) in [6.07, 6.45) is 7.68. The molecule has 0 spiro atoms. The van der Waals surface area contributed by atoms with Crippen LogP contribution in [-0.4, -0.2) is 106 Å². The van der Waals surface area contributed by atoms with E-state index in [1.165, 1.54) is 30.1 Å². The number of thiophene rings is 1. The Bertz CT molecular complexity index is 1650. The predicted octanol–water partition coefficient (Wildman–Crippen LogP) is 3.84. The number of nitrogens with one attached hydrogen (secondary N) is 1. The smallest absolute Gasteiger partial charge is 0.253 e. The van der Waals surface area contributed by atoms with Crippen LogP contribution >= 0.6 is 11.3 Å². The van der Waals surface area contributed by atoms with Crippen molar-refractivity contribution in [2.45, 2.75) is 104 Å². The van der Waals surface area contributed by atoms with E-state index >= 15 is 0 Å². The van der Waals surface area contributed by atoms with Gasteiger partial charge in [-0.25, -0.2) is 21.6 Å². The number of rotatable bonds is 20. The van der Waals surface area contributed by atoms with Crippen LogP contribution in [0.25, 0.3) is 0 Å². The number of aliphatic hydroxyl groups excluding tert-OH is 3. The normalized spacial score (nSPS) is 24.2. The SMILES string of the molecule is CCN(C(=O)CCC/C=C\C[C@@H]1[C@@H](CC[C@H](O)CCc2ccccc2)[C@H](O)C[C@@H]1O)C1CN(CCCOC)S(=O)(=O)c2sc(S(=O)(=O)NC)cc21. The molecule has 6 atom stereocenters. The number of ether oxygens (including phenoxy) is 1. The topological polar surface area (TPSA) is 174 Å². The number of benzene rings is 1. The van der Waals surface area contributed by atoms with E-state index in [2.05, 4.69) is 4.72 Å². The van der Waals surface area contributed by atoms with E-state index in [1.54, 1.807) is 4.90 Å². The van der Waals surface area contributed by atoms with Gasteiger partial charge in [0.05, 0.1) is 24.4 Å². The number of unbranched alkanes of at least 4 members (excludes halogenated alkanes) is 1. The molecule has 51 heavy (non-hydrogen) atoms. The van der Waals surface area contributed by atoms with Gasteiger partial charge in [-0.1, -0.05) is 42.5 Å². The standard InChI is InChI=1S/C36H55N3O9S3/c1-4-39(31-25-38(21-12-22-48-3)51(46,47)36-30(31)23-35(49-36)50(44,45)37-2)34(43)16-11-6-5-10-15-28-29(33(42)24-32(28)41)20-19-27(40)18-17-26-13-8-7-9-14-26/h5,7-10,13-14,23,27-29,31-33,37,40-42H,4,6,11-12,15-22,24-25H2,1-3H3/b10-5-/t27-,28-,29-,31?,32+,33-/m1/s1. The van der Waals surface area contributed by atoms with Crippen molar-refractivity contribution in [3.63, 3.8) is 0 Å². The molecule has 0 bridgehead atoms. The van der Waals surface area contributed by atoms with E-state index in [0.29, 0.717) is 81.4 Å². The third-order valence-electron chi connectivity index (χ3n) is 10.1. The number of methoxy groups -OCH3 is 1. The number of hydrogen-bond donors (Lipinski definition) is 4. The maximum atomic E-state index is 13.6. The third-order valence-corrected chi connectivity index (χ3v) is 15.6. The minimum Gasteiger partial charge on any atom is -0.393 e. The molecule has 1 unspecified atom stereocenters. The Morgan fingerprint density at radius 2 is 1.86 bits per heavy atom. The molecule has 1 aliphatic carbocycles. The van der Waals surface area contributed by atoms with Crippen molar-refractivity contribution in [2.75, 3.05) is 40.4 Å². The van der Waals surface area contributed by atoms with E-state index in [-0.39, 0.29) is 45.7 Å². The van der Waals surface area contributed by atoms with E-state index < -0.39 is 44.4 Å². The number of aliphatic hydroxyl groups is 3. The fraction of sp³-hybridized carbons (Fsp3) is 0.639. The Morgan fingerprint density at radius 1 is 1.14 bits per heavy atom. The van der Waals surface area contributed by atoms with Crippen molar-refractivity contribution in [2.24, 2.45) is 11.8 Å². The zero-order valence-corrected chi connectivity index (χ0v) is 32.3. The van der Waals surface area contributed by atoms with Crippen molar-refractivity contribution in [1.29, 1.82) is 0 Å². The highest BCUT2D eigenvalue weighted by molar-refractivity contribution is 7.94. The molecule has 1 saturated carbocycles. The molecule has 1 aromatic heterocycles. The second kappa shape index (κ2) is 19.2. The number of carbonyl (C=O) groups is 1. The molecule has 0 radical (unpaired) electrons. The van der Waals surface area contributed by atoms with Crippen molar-refractivity contribution in [3.05, 3.63) is 59.7 Å². The van der Waals surface area contributed by atoms with Crippen LogP contribution in [0.3, 0.4) is 0 Å². The Morgan fingerprint density at radius 3 is 2.55 bits per heavy atom. The van der Waals surface area contributed by atoms with Crippen LogP contribution in [0.5, 0.6) is 0 Å². The first-order valence-electron chi connectivity index (χ1n) is 17.9. The van der Waals surface area contributed by atoms with Crippen LogP contribution in [0.4, 0.5) is 0 Å². The maximum absolute atomic E-state index is 13.6. The van der Waals surface area contributed by atoms with Gasteiger partial charge in [-0.2, -0.15) is 4.31 Å². The summed E-state index contributed by atoms with van der Waals surface area (Å²) in [6.45, 7) is 2.70. The number of fused-ring (bicyclic) bond motifs is 1. The molecule has 1 amide bonds. The Labute approximate surface area is 307 Å². The fourth-order valence-electron chi connectivity index (χ4n) is 7.27. The maximum Gasteiger partial charge on any atom is 0.253 e. The Hall–Kier alpha value is -2.21. The van der Waals surface area contributed by atoms with Gasteiger partial charge in [-0.15, -0.1) is 11.3 Å². The van der Waals surface area contributed by atoms with Crippen LogP contribution in [0.15, 0.2) is 57.0 Å². The van der Waals surface area contributed by atoms with E-state index in [1.807, 2.05) is 49.4 Å². The number of carbonyl (C=O) groups excluding carboxylic acids is 1. The molecule has 0 saturated heterocycles. The summed E-state index contributed by atoms with van der Waals surface area (Å²) < 4.78 is 60.9. The highest BCUT2D eigenvalue weighted by Crippen LogP contribution is 2.43. The summed E-state index contributed by atoms with van der Waals surface area (Å²) in [5.74, 6) is -0.363. The largest absolute Gasteiger partial charge is 0.393 e. The first kappa shape index (κ1) is 41.5. The summed E-state index contributed by atoms with van der Waals surface area (Å²) in [5, 5.41) is 31.9. The lowest BCUT2D eigenvalue weighted by Gasteiger charge is -2.38. The second-order valence-corrected chi connectivity index (χ2v) is 18.8. The summed E-state index contributed by atoms with van der Waals surface area (Å²) in [4.78, 5) is 15.2. The second-order valence-electron chi connectivity index (χ2n) is 13.5. The van der Waals surface area contributed by atoms with Gasteiger partial charge in [-0.05, 0) is 95.2 Å². The van der Waals surface area contributed by atoms with Crippen LogP contribution in [0.1, 0.15) is 81.9 Å². The zero-order valence-electron chi connectivity index (χ0n) is 29.9. The number of hydrogen-bond acceptors (Lipinski definition) is 10. The summed E-state index contributed by atoms with van der Waals surface area (Å²) in [7, 11) is -5.06. The molecule has 1 aromatic carbocycles. The van der Waals surface area contributed by atoms with Crippen molar-refractivity contribution < 1.29 is 41.7 Å². The average Bonchev–Trinajstić information content (AvgIpc) is 3.69. The molecular formula is C36H55N3O9S3. The lowest BCUT2D eigenvalue weighted by molar-refractivity contribution is -0.134. The molecule has 4 N–H and O–H groups in total. The minimum absolute atomic E-state index is 0.0229. The number of sulfonamides is 2. The van der Waals surface area contributed by atoms with E-state index in [0.717, 1.165) is 6.42 Å². The first-order valence-corrected chi connectivity index (χ1v) is 21.7. The average molecular weight is 770 g/mol. The van der Waals surface area contributed by atoms with Gasteiger partial charge in [0.1, 0.15) is 8.42 Å². The molecule has 15 heteroatoms. The minimum atomic E-state index is -3.97. The van der Waals surface area contributed by atoms with Crippen LogP contribution in [0.2, 0.25) is 0 Å². The summed E-state index contributed by atoms with van der Waals surface area (Å²) >= 11 is 0.699. The number of amides is 1. The van der Waals surface area contributed by atoms with Gasteiger partial charge >= 0.3 is 0 Å². The van der Waals surface area contributed by atoms with Crippen molar-refractivity contribution in [1.82, 2.24) is 13.9 Å². The number of likely N-dealkylation sites (N-methyl/N-ethyl adjacent to an activating group) is 1. The molecule has 2 heterocycles. The first-order chi connectivity index (χ1) is 24.3. The Kier molecular flexibility index (Phi) is 15.7. The summed E-state index contributed by atoms with van der Waals surface area (Å²) in [6, 6.07) is 10.8. The number of aryl methyl sites for hydroxylation is 1. The van der Waals surface area contributed by atoms with Gasteiger partial charge in [0.25, 0.3) is 10.0 Å². The lowest BCUT2D eigenvalue weighted by atomic mass is 9.85. The predicted molar refractivity (Wildman–Crippen MR) is 197 cm³/mol. The quantitative estimate of drug-likeness (QED) is 0.115. The highest BCUT2D eigenvalue weighted by Gasteiger charge is 2.43. The molecule has 286 valence electrons. The van der Waals surface area contributed by atoms with Crippen molar-refractivity contribution >= 4 is 37.3 Å².